The third-order valence-electron chi connectivity index (χ3n) is 2.44. The topological polar surface area (TPSA) is 21.3 Å². The van der Waals surface area contributed by atoms with Crippen molar-refractivity contribution in [2.45, 2.75) is 33.3 Å². The Hall–Kier alpha value is -0.0800. The highest BCUT2D eigenvalue weighted by molar-refractivity contribution is 4.74. The van der Waals surface area contributed by atoms with Gasteiger partial charge in [0.2, 0.25) is 0 Å². The molecule has 0 aromatic rings. The van der Waals surface area contributed by atoms with Gasteiger partial charge in [-0.3, -0.25) is 0 Å². The third-order valence-corrected chi connectivity index (χ3v) is 2.44. The molecule has 0 aromatic carbocycles. The van der Waals surface area contributed by atoms with Gasteiger partial charge in [0.25, 0.3) is 0 Å². The van der Waals surface area contributed by atoms with Crippen LogP contribution in [0.15, 0.2) is 0 Å². The molecule has 1 saturated heterocycles. The molecule has 0 aromatic heterocycles. The van der Waals surface area contributed by atoms with Crippen LogP contribution in [0.2, 0.25) is 0 Å². The van der Waals surface area contributed by atoms with Gasteiger partial charge in [-0.15, -0.1) is 0 Å². The van der Waals surface area contributed by atoms with E-state index in [1.54, 1.807) is 0 Å². The lowest BCUT2D eigenvalue weighted by molar-refractivity contribution is 0.0929. The van der Waals surface area contributed by atoms with Gasteiger partial charge < -0.3 is 10.1 Å². The average Bonchev–Trinajstić information content (AvgIpc) is 2.36. The van der Waals surface area contributed by atoms with E-state index in [-0.39, 0.29) is 0 Å². The molecule has 1 aliphatic rings. The summed E-state index contributed by atoms with van der Waals surface area (Å²) in [7, 11) is 0. The summed E-state index contributed by atoms with van der Waals surface area (Å²) in [5.41, 5.74) is 0. The molecule has 2 heteroatoms. The van der Waals surface area contributed by atoms with Crippen molar-refractivity contribution in [2.75, 3.05) is 19.7 Å². The van der Waals surface area contributed by atoms with E-state index in [1.807, 2.05) is 0 Å². The molecule has 1 heterocycles. The second kappa shape index (κ2) is 4.83. The molecule has 72 valence electrons. The van der Waals surface area contributed by atoms with E-state index in [0.29, 0.717) is 6.10 Å². The highest BCUT2D eigenvalue weighted by Gasteiger charge is 2.23. The fraction of sp³-hybridized carbons (Fsp3) is 1.00. The zero-order valence-electron chi connectivity index (χ0n) is 8.47. The van der Waals surface area contributed by atoms with Crippen molar-refractivity contribution in [2.24, 2.45) is 11.8 Å². The lowest BCUT2D eigenvalue weighted by atomic mass is 10.0. The number of nitrogens with one attached hydrogen (secondary N) is 1. The van der Waals surface area contributed by atoms with Gasteiger partial charge in [0.1, 0.15) is 0 Å². The second-order valence-electron chi connectivity index (χ2n) is 4.23. The first kappa shape index (κ1) is 10.0. The molecule has 0 aliphatic carbocycles. The van der Waals surface area contributed by atoms with Crippen LogP contribution in [0.25, 0.3) is 0 Å². The summed E-state index contributed by atoms with van der Waals surface area (Å²) in [6.07, 6.45) is 1.69. The van der Waals surface area contributed by atoms with Gasteiger partial charge >= 0.3 is 0 Å². The molecule has 0 saturated carbocycles. The molecule has 2 nitrogen and oxygen atoms in total. The largest absolute Gasteiger partial charge is 0.377 e. The highest BCUT2D eigenvalue weighted by atomic mass is 16.5. The predicted octanol–water partition coefficient (Wildman–Crippen LogP) is 1.66. The van der Waals surface area contributed by atoms with Gasteiger partial charge in [-0.05, 0) is 24.8 Å². The van der Waals surface area contributed by atoms with Crippen LogP contribution in [0.3, 0.4) is 0 Å². The first-order valence-electron chi connectivity index (χ1n) is 5.02. The Bertz CT molecular complexity index is 125. The molecule has 1 aliphatic heterocycles. The highest BCUT2D eigenvalue weighted by Crippen LogP contribution is 2.18. The van der Waals surface area contributed by atoms with E-state index in [1.165, 1.54) is 6.42 Å². The Morgan fingerprint density at radius 2 is 2.25 bits per heavy atom. The third kappa shape index (κ3) is 3.11. The minimum atomic E-state index is 0.462. The Morgan fingerprint density at radius 1 is 1.50 bits per heavy atom. The van der Waals surface area contributed by atoms with Crippen LogP contribution in [-0.2, 0) is 4.74 Å². The summed E-state index contributed by atoms with van der Waals surface area (Å²) in [5, 5.41) is 3.43. The minimum absolute atomic E-state index is 0.462. The molecular formula is C10H21NO. The number of hydrogen-bond donors (Lipinski definition) is 1. The summed E-state index contributed by atoms with van der Waals surface area (Å²) in [5.74, 6) is 1.48. The summed E-state index contributed by atoms with van der Waals surface area (Å²) >= 11 is 0. The number of rotatable bonds is 4. The molecular weight excluding hydrogens is 150 g/mol. The monoisotopic (exact) mass is 171 g/mol. The van der Waals surface area contributed by atoms with Crippen LogP contribution in [0.1, 0.15) is 27.2 Å². The van der Waals surface area contributed by atoms with Crippen LogP contribution in [-0.4, -0.2) is 25.8 Å². The Morgan fingerprint density at radius 3 is 2.75 bits per heavy atom. The van der Waals surface area contributed by atoms with Gasteiger partial charge in [0.15, 0.2) is 0 Å². The lowest BCUT2D eigenvalue weighted by Gasteiger charge is -2.16. The first-order chi connectivity index (χ1) is 5.70. The van der Waals surface area contributed by atoms with Crippen molar-refractivity contribution in [3.05, 3.63) is 0 Å². The van der Waals surface area contributed by atoms with E-state index in [4.69, 9.17) is 4.74 Å². The van der Waals surface area contributed by atoms with E-state index in [2.05, 4.69) is 26.1 Å². The molecule has 0 amide bonds. The van der Waals surface area contributed by atoms with Crippen LogP contribution < -0.4 is 5.32 Å². The summed E-state index contributed by atoms with van der Waals surface area (Å²) in [6, 6.07) is 0. The van der Waals surface area contributed by atoms with Gasteiger partial charge in [-0.1, -0.05) is 20.8 Å². The molecule has 0 radical (unpaired) electrons. The van der Waals surface area contributed by atoms with E-state index < -0.39 is 0 Å². The number of hydrogen-bond acceptors (Lipinski definition) is 2. The lowest BCUT2D eigenvalue weighted by Crippen LogP contribution is -2.32. The molecule has 12 heavy (non-hydrogen) atoms. The van der Waals surface area contributed by atoms with Gasteiger partial charge in [-0.25, -0.2) is 0 Å². The maximum atomic E-state index is 5.58. The molecule has 2 atom stereocenters. The average molecular weight is 171 g/mol. The van der Waals surface area contributed by atoms with E-state index in [0.717, 1.165) is 31.5 Å². The predicted molar refractivity (Wildman–Crippen MR) is 51.2 cm³/mol. The second-order valence-corrected chi connectivity index (χ2v) is 4.23. The van der Waals surface area contributed by atoms with E-state index >= 15 is 0 Å². The minimum Gasteiger partial charge on any atom is -0.377 e. The van der Waals surface area contributed by atoms with Gasteiger partial charge in [0.05, 0.1) is 6.10 Å². The van der Waals surface area contributed by atoms with Crippen molar-refractivity contribution in [1.29, 1.82) is 0 Å². The standard InChI is InChI=1S/C10H21NO/c1-8(2)6-11-7-10-9(3)4-5-12-10/h8-11H,4-7H2,1-3H3. The summed E-state index contributed by atoms with van der Waals surface area (Å²) < 4.78 is 5.58. The maximum Gasteiger partial charge on any atom is 0.0725 e. The molecule has 1 N–H and O–H groups in total. The fourth-order valence-corrected chi connectivity index (χ4v) is 1.53. The van der Waals surface area contributed by atoms with Crippen LogP contribution in [0, 0.1) is 11.8 Å². The van der Waals surface area contributed by atoms with Crippen molar-refractivity contribution >= 4 is 0 Å². The smallest absolute Gasteiger partial charge is 0.0725 e. The Labute approximate surface area is 75.7 Å². The molecule has 2 unspecified atom stereocenters. The fourth-order valence-electron chi connectivity index (χ4n) is 1.53. The zero-order valence-corrected chi connectivity index (χ0v) is 8.47. The summed E-state index contributed by atoms with van der Waals surface area (Å²) in [4.78, 5) is 0. The first-order valence-corrected chi connectivity index (χ1v) is 5.02. The zero-order chi connectivity index (χ0) is 8.97. The van der Waals surface area contributed by atoms with Crippen molar-refractivity contribution in [1.82, 2.24) is 5.32 Å². The quantitative estimate of drug-likeness (QED) is 0.694. The van der Waals surface area contributed by atoms with Crippen molar-refractivity contribution < 1.29 is 4.74 Å². The maximum absolute atomic E-state index is 5.58. The Kier molecular flexibility index (Phi) is 4.02. The van der Waals surface area contributed by atoms with E-state index in [9.17, 15) is 0 Å². The molecule has 0 spiro atoms. The summed E-state index contributed by atoms with van der Waals surface area (Å²) in [6.45, 7) is 9.81. The van der Waals surface area contributed by atoms with Gasteiger partial charge in [-0.2, -0.15) is 0 Å². The number of ether oxygens (including phenoxy) is 1. The SMILES string of the molecule is CC(C)CNCC1OCCC1C. The van der Waals surface area contributed by atoms with Crippen molar-refractivity contribution in [3.8, 4) is 0 Å². The molecule has 1 fully saturated rings. The normalized spacial score (nSPS) is 30.0. The Balaban J connectivity index is 2.06. The van der Waals surface area contributed by atoms with Crippen LogP contribution in [0.4, 0.5) is 0 Å². The van der Waals surface area contributed by atoms with Crippen LogP contribution in [0.5, 0.6) is 0 Å². The van der Waals surface area contributed by atoms with Crippen molar-refractivity contribution in [3.63, 3.8) is 0 Å². The molecule has 1 rings (SSSR count). The van der Waals surface area contributed by atoms with Gasteiger partial charge in [0, 0.05) is 13.2 Å². The molecule has 0 bridgehead atoms. The van der Waals surface area contributed by atoms with Crippen LogP contribution >= 0.6 is 0 Å².